The fourth-order valence-corrected chi connectivity index (χ4v) is 2.12. The third-order valence-electron chi connectivity index (χ3n) is 2.33. The van der Waals surface area contributed by atoms with E-state index in [9.17, 15) is 9.59 Å². The molecule has 0 unspecified atom stereocenters. The Labute approximate surface area is 137 Å². The highest BCUT2D eigenvalue weighted by atomic mass is 127. The largest absolute Gasteiger partial charge is 0.484 e. The molecular formula is C13H10BrIN2O3. The van der Waals surface area contributed by atoms with Crippen LogP contribution in [-0.2, 0) is 4.79 Å². The lowest BCUT2D eigenvalue weighted by molar-refractivity contribution is -0.118. The van der Waals surface area contributed by atoms with E-state index in [2.05, 4.69) is 48.8 Å². The Bertz CT molecular complexity index is 670. The highest BCUT2D eigenvalue weighted by Gasteiger charge is 2.07. The maximum atomic E-state index is 11.7. The van der Waals surface area contributed by atoms with E-state index >= 15 is 0 Å². The van der Waals surface area contributed by atoms with Crippen molar-refractivity contribution < 1.29 is 9.53 Å². The van der Waals surface area contributed by atoms with Crippen LogP contribution in [0.15, 0.2) is 45.8 Å². The van der Waals surface area contributed by atoms with E-state index in [1.807, 2.05) is 12.1 Å². The van der Waals surface area contributed by atoms with E-state index in [0.717, 1.165) is 3.57 Å². The van der Waals surface area contributed by atoms with Crippen LogP contribution in [0.3, 0.4) is 0 Å². The Morgan fingerprint density at radius 2 is 2.05 bits per heavy atom. The molecule has 1 amide bonds. The van der Waals surface area contributed by atoms with Crippen molar-refractivity contribution in [3.8, 4) is 5.75 Å². The van der Waals surface area contributed by atoms with Crippen LogP contribution in [0.2, 0.25) is 0 Å². The number of pyridine rings is 1. The molecule has 1 aromatic heterocycles. The first-order valence-electron chi connectivity index (χ1n) is 5.61. The second-order valence-corrected chi connectivity index (χ2v) is 6.01. The lowest BCUT2D eigenvalue weighted by Gasteiger charge is -2.07. The minimum atomic E-state index is -0.396. The average Bonchev–Trinajstić information content (AvgIpc) is 2.42. The molecule has 0 spiro atoms. The van der Waals surface area contributed by atoms with Gasteiger partial charge in [-0.2, -0.15) is 0 Å². The Morgan fingerprint density at radius 3 is 2.75 bits per heavy atom. The highest BCUT2D eigenvalue weighted by molar-refractivity contribution is 14.1. The molecular weight excluding hydrogens is 439 g/mol. The molecule has 0 aliphatic heterocycles. The molecule has 0 aliphatic carbocycles. The molecule has 0 radical (unpaired) electrons. The quantitative estimate of drug-likeness (QED) is 0.706. The number of aromatic amines is 1. The fraction of sp³-hybridized carbons (Fsp3) is 0.0769. The number of nitrogens with one attached hydrogen (secondary N) is 2. The second kappa shape index (κ2) is 6.89. The summed E-state index contributed by atoms with van der Waals surface area (Å²) in [5.41, 5.74) is -0.189. The van der Waals surface area contributed by atoms with Gasteiger partial charge in [-0.15, -0.1) is 0 Å². The van der Waals surface area contributed by atoms with Gasteiger partial charge in [-0.25, -0.2) is 0 Å². The minimum absolute atomic E-state index is 0.160. The van der Waals surface area contributed by atoms with Crippen molar-refractivity contribution >= 4 is 50.1 Å². The standard InChI is InChI=1S/C13H10BrIN2O3/c14-8-5-11(13(19)16-6-8)17-12(18)7-20-10-3-1-9(15)2-4-10/h1-6H,7H2,(H,16,19)(H,17,18). The van der Waals surface area contributed by atoms with Crippen LogP contribution in [0.25, 0.3) is 0 Å². The molecule has 0 atom stereocenters. The zero-order valence-corrected chi connectivity index (χ0v) is 13.9. The number of anilines is 1. The number of rotatable bonds is 4. The first kappa shape index (κ1) is 15.0. The van der Waals surface area contributed by atoms with Crippen LogP contribution in [-0.4, -0.2) is 17.5 Å². The van der Waals surface area contributed by atoms with Crippen LogP contribution in [0.4, 0.5) is 5.69 Å². The van der Waals surface area contributed by atoms with E-state index in [-0.39, 0.29) is 17.9 Å². The number of benzene rings is 1. The number of amides is 1. The van der Waals surface area contributed by atoms with Crippen molar-refractivity contribution in [2.45, 2.75) is 0 Å². The number of carbonyl (C=O) groups excluding carboxylic acids is 1. The number of hydrogen-bond donors (Lipinski definition) is 2. The zero-order chi connectivity index (χ0) is 14.5. The summed E-state index contributed by atoms with van der Waals surface area (Å²) in [6.45, 7) is -0.160. The molecule has 104 valence electrons. The smallest absolute Gasteiger partial charge is 0.271 e. The van der Waals surface area contributed by atoms with E-state index < -0.39 is 5.91 Å². The lowest BCUT2D eigenvalue weighted by Crippen LogP contribution is -2.24. The van der Waals surface area contributed by atoms with Crippen LogP contribution in [0.1, 0.15) is 0 Å². The van der Waals surface area contributed by atoms with Crippen LogP contribution >= 0.6 is 38.5 Å². The molecule has 0 saturated carbocycles. The summed E-state index contributed by atoms with van der Waals surface area (Å²) >= 11 is 5.40. The number of halogens is 2. The number of hydrogen-bond acceptors (Lipinski definition) is 3. The molecule has 20 heavy (non-hydrogen) atoms. The molecule has 0 fully saturated rings. The summed E-state index contributed by atoms with van der Waals surface area (Å²) in [5.74, 6) is 0.205. The number of ether oxygens (including phenoxy) is 1. The maximum absolute atomic E-state index is 11.7. The van der Waals surface area contributed by atoms with Gasteiger partial charge in [-0.1, -0.05) is 0 Å². The van der Waals surface area contributed by atoms with Crippen molar-refractivity contribution in [2.24, 2.45) is 0 Å². The monoisotopic (exact) mass is 448 g/mol. The molecule has 0 bridgehead atoms. The third-order valence-corrected chi connectivity index (χ3v) is 3.50. The van der Waals surface area contributed by atoms with Crippen LogP contribution in [0.5, 0.6) is 5.75 Å². The average molecular weight is 449 g/mol. The molecule has 1 heterocycles. The van der Waals surface area contributed by atoms with Gasteiger partial charge in [0.1, 0.15) is 11.4 Å². The van der Waals surface area contributed by atoms with Gasteiger partial charge in [-0.05, 0) is 68.9 Å². The summed E-state index contributed by atoms with van der Waals surface area (Å²) in [7, 11) is 0. The van der Waals surface area contributed by atoms with Crippen molar-refractivity contribution in [3.63, 3.8) is 0 Å². The topological polar surface area (TPSA) is 71.2 Å². The van der Waals surface area contributed by atoms with Crippen molar-refractivity contribution in [2.75, 3.05) is 11.9 Å². The third kappa shape index (κ3) is 4.34. The summed E-state index contributed by atoms with van der Waals surface area (Å²) in [4.78, 5) is 25.7. The van der Waals surface area contributed by atoms with Crippen molar-refractivity contribution in [1.29, 1.82) is 0 Å². The molecule has 2 rings (SSSR count). The van der Waals surface area contributed by atoms with Gasteiger partial charge in [0.2, 0.25) is 0 Å². The fourth-order valence-electron chi connectivity index (χ4n) is 1.42. The van der Waals surface area contributed by atoms with Gasteiger partial charge in [0, 0.05) is 14.2 Å². The first-order valence-corrected chi connectivity index (χ1v) is 7.48. The molecule has 2 N–H and O–H groups in total. The molecule has 0 saturated heterocycles. The van der Waals surface area contributed by atoms with Gasteiger partial charge in [0.25, 0.3) is 11.5 Å². The molecule has 1 aromatic carbocycles. The van der Waals surface area contributed by atoms with E-state index in [0.29, 0.717) is 10.2 Å². The molecule has 0 aliphatic rings. The van der Waals surface area contributed by atoms with Crippen molar-refractivity contribution in [1.82, 2.24) is 4.98 Å². The number of aromatic nitrogens is 1. The minimum Gasteiger partial charge on any atom is -0.484 e. The van der Waals surface area contributed by atoms with Gasteiger partial charge < -0.3 is 15.0 Å². The molecule has 2 aromatic rings. The predicted octanol–water partition coefficient (Wildman–Crippen LogP) is 2.76. The normalized spacial score (nSPS) is 10.1. The summed E-state index contributed by atoms with van der Waals surface area (Å²) < 4.78 is 7.08. The Balaban J connectivity index is 1.94. The van der Waals surface area contributed by atoms with E-state index in [1.54, 1.807) is 12.1 Å². The van der Waals surface area contributed by atoms with Gasteiger partial charge in [-0.3, -0.25) is 9.59 Å². The van der Waals surface area contributed by atoms with E-state index in [1.165, 1.54) is 12.3 Å². The highest BCUT2D eigenvalue weighted by Crippen LogP contribution is 2.14. The second-order valence-electron chi connectivity index (χ2n) is 3.85. The maximum Gasteiger partial charge on any atom is 0.271 e. The first-order chi connectivity index (χ1) is 9.54. The number of carbonyl (C=O) groups is 1. The molecule has 7 heteroatoms. The van der Waals surface area contributed by atoms with Gasteiger partial charge in [0.05, 0.1) is 0 Å². The Hall–Kier alpha value is -1.35. The Morgan fingerprint density at radius 1 is 1.35 bits per heavy atom. The molecule has 5 nitrogen and oxygen atoms in total. The van der Waals surface area contributed by atoms with Crippen molar-refractivity contribution in [3.05, 3.63) is 54.9 Å². The van der Waals surface area contributed by atoms with Gasteiger partial charge >= 0.3 is 0 Å². The van der Waals surface area contributed by atoms with Crippen LogP contribution < -0.4 is 15.6 Å². The van der Waals surface area contributed by atoms with Crippen LogP contribution in [0, 0.1) is 3.57 Å². The summed E-state index contributed by atoms with van der Waals surface area (Å²) in [5, 5.41) is 2.49. The number of H-pyrrole nitrogens is 1. The lowest BCUT2D eigenvalue weighted by atomic mass is 10.3. The van der Waals surface area contributed by atoms with E-state index in [4.69, 9.17) is 4.74 Å². The summed E-state index contributed by atoms with van der Waals surface area (Å²) in [6.07, 6.45) is 1.50. The van der Waals surface area contributed by atoms with Gasteiger partial charge in [0.15, 0.2) is 6.61 Å². The zero-order valence-electron chi connectivity index (χ0n) is 10.2. The predicted molar refractivity (Wildman–Crippen MR) is 88.0 cm³/mol. The SMILES string of the molecule is O=C(COc1ccc(I)cc1)Nc1cc(Br)c[nH]c1=O. The Kier molecular flexibility index (Phi) is 5.18. The summed E-state index contributed by atoms with van der Waals surface area (Å²) in [6, 6.07) is 8.85.